The lowest BCUT2D eigenvalue weighted by Crippen LogP contribution is -1.82. The molecule has 2 rings (SSSR count). The zero-order valence-corrected chi connectivity index (χ0v) is 12.2. The molecule has 0 spiro atoms. The van der Waals surface area contributed by atoms with Crippen LogP contribution in [0.2, 0.25) is 0 Å². The van der Waals surface area contributed by atoms with E-state index < -0.39 is 0 Å². The lowest BCUT2D eigenvalue weighted by molar-refractivity contribution is 1.26. The minimum Gasteiger partial charge on any atom is -0.192 e. The molecule has 0 aliphatic carbocycles. The van der Waals surface area contributed by atoms with Crippen molar-refractivity contribution in [3.05, 3.63) is 68.8 Å². The van der Waals surface area contributed by atoms with Crippen molar-refractivity contribution >= 4 is 35.0 Å². The van der Waals surface area contributed by atoms with Crippen LogP contribution in [0.25, 0.3) is 0 Å². The van der Waals surface area contributed by atoms with E-state index in [1.807, 2.05) is 36.4 Å². The molecule has 0 heterocycles. The summed E-state index contributed by atoms with van der Waals surface area (Å²) in [6.07, 6.45) is 3.37. The van der Waals surface area contributed by atoms with E-state index in [4.69, 9.17) is 5.26 Å². The Kier molecular flexibility index (Phi) is 4.81. The molecule has 0 radical (unpaired) electrons. The molecule has 0 aliphatic rings. The van der Waals surface area contributed by atoms with Crippen LogP contribution in [-0.4, -0.2) is 12.4 Å². The molecule has 3 nitrogen and oxygen atoms in total. The van der Waals surface area contributed by atoms with Gasteiger partial charge in [-0.3, -0.25) is 0 Å². The third kappa shape index (κ3) is 4.30. The van der Waals surface area contributed by atoms with E-state index in [0.717, 1.165) is 14.7 Å². The monoisotopic (exact) mass is 359 g/mol. The molecule has 0 fully saturated rings. The lowest BCUT2D eigenvalue weighted by atomic mass is 10.2. The van der Waals surface area contributed by atoms with E-state index in [9.17, 15) is 0 Å². The zero-order valence-electron chi connectivity index (χ0n) is 9.99. The summed E-state index contributed by atoms with van der Waals surface area (Å²) >= 11 is 2.26. The molecular formula is C15H10IN3. The first-order valence-electron chi connectivity index (χ1n) is 5.60. The summed E-state index contributed by atoms with van der Waals surface area (Å²) in [4.78, 5) is 0. The van der Waals surface area contributed by atoms with Gasteiger partial charge in [-0.2, -0.15) is 15.5 Å². The third-order valence-electron chi connectivity index (χ3n) is 2.37. The Morgan fingerprint density at radius 1 is 0.947 bits per heavy atom. The SMILES string of the molecule is N#Cc1ccc(/C=N/N=C/c2cccc(I)c2)cc1. The maximum atomic E-state index is 8.68. The van der Waals surface area contributed by atoms with E-state index >= 15 is 0 Å². The number of hydrogen-bond acceptors (Lipinski definition) is 3. The van der Waals surface area contributed by atoms with Gasteiger partial charge in [-0.15, -0.1) is 0 Å². The number of halogens is 1. The van der Waals surface area contributed by atoms with Gasteiger partial charge in [-0.1, -0.05) is 24.3 Å². The fourth-order valence-corrected chi connectivity index (χ4v) is 2.00. The smallest absolute Gasteiger partial charge is 0.0991 e. The molecule has 0 saturated heterocycles. The van der Waals surface area contributed by atoms with Crippen LogP contribution in [0.4, 0.5) is 0 Å². The summed E-state index contributed by atoms with van der Waals surface area (Å²) in [7, 11) is 0. The largest absolute Gasteiger partial charge is 0.192 e. The second-order valence-electron chi connectivity index (χ2n) is 3.78. The highest BCUT2D eigenvalue weighted by molar-refractivity contribution is 14.1. The molecule has 92 valence electrons. The van der Waals surface area contributed by atoms with Crippen LogP contribution >= 0.6 is 22.6 Å². The number of benzene rings is 2. The van der Waals surface area contributed by atoms with E-state index in [1.165, 1.54) is 0 Å². The topological polar surface area (TPSA) is 48.5 Å². The average molecular weight is 359 g/mol. The first-order chi connectivity index (χ1) is 9.28. The molecule has 2 aromatic rings. The van der Waals surface area contributed by atoms with Crippen LogP contribution in [0.3, 0.4) is 0 Å². The molecule has 0 aromatic heterocycles. The average Bonchev–Trinajstić information content (AvgIpc) is 2.44. The molecule has 0 atom stereocenters. The highest BCUT2D eigenvalue weighted by Gasteiger charge is 1.90. The van der Waals surface area contributed by atoms with Crippen molar-refractivity contribution < 1.29 is 0 Å². The first-order valence-corrected chi connectivity index (χ1v) is 6.68. The van der Waals surface area contributed by atoms with Crippen LogP contribution in [0.1, 0.15) is 16.7 Å². The Bertz CT molecular complexity index is 652. The van der Waals surface area contributed by atoms with Gasteiger partial charge < -0.3 is 0 Å². The fraction of sp³-hybridized carbons (Fsp3) is 0. The van der Waals surface area contributed by atoms with Crippen molar-refractivity contribution in [2.24, 2.45) is 10.2 Å². The number of nitrogens with zero attached hydrogens (tertiary/aromatic N) is 3. The van der Waals surface area contributed by atoms with Crippen molar-refractivity contribution in [2.75, 3.05) is 0 Å². The van der Waals surface area contributed by atoms with Gasteiger partial charge in [0.25, 0.3) is 0 Å². The maximum absolute atomic E-state index is 8.68. The van der Waals surface area contributed by atoms with Crippen molar-refractivity contribution in [1.82, 2.24) is 0 Å². The van der Waals surface area contributed by atoms with Crippen LogP contribution < -0.4 is 0 Å². The van der Waals surface area contributed by atoms with E-state index in [1.54, 1.807) is 24.6 Å². The van der Waals surface area contributed by atoms with Gasteiger partial charge in [0.2, 0.25) is 0 Å². The Morgan fingerprint density at radius 2 is 1.63 bits per heavy atom. The number of hydrogen-bond donors (Lipinski definition) is 0. The molecule has 2 aromatic carbocycles. The normalized spacial score (nSPS) is 10.9. The summed E-state index contributed by atoms with van der Waals surface area (Å²) in [6.45, 7) is 0. The molecule has 0 unspecified atom stereocenters. The van der Waals surface area contributed by atoms with Crippen molar-refractivity contribution in [3.8, 4) is 6.07 Å². The summed E-state index contributed by atoms with van der Waals surface area (Å²) in [5.74, 6) is 0. The Balaban J connectivity index is 2.01. The second-order valence-corrected chi connectivity index (χ2v) is 5.02. The molecule has 0 aliphatic heterocycles. The highest BCUT2D eigenvalue weighted by Crippen LogP contribution is 2.06. The van der Waals surface area contributed by atoms with Gasteiger partial charge in [0.1, 0.15) is 0 Å². The number of rotatable bonds is 3. The van der Waals surface area contributed by atoms with Crippen LogP contribution in [-0.2, 0) is 0 Å². The van der Waals surface area contributed by atoms with Crippen LogP contribution in [0.15, 0.2) is 58.7 Å². The molecule has 0 bridgehead atoms. The van der Waals surface area contributed by atoms with Crippen molar-refractivity contribution in [3.63, 3.8) is 0 Å². The van der Waals surface area contributed by atoms with Gasteiger partial charge in [0.15, 0.2) is 0 Å². The van der Waals surface area contributed by atoms with E-state index in [-0.39, 0.29) is 0 Å². The Morgan fingerprint density at radius 3 is 2.26 bits per heavy atom. The predicted octanol–water partition coefficient (Wildman–Crippen LogP) is 3.62. The highest BCUT2D eigenvalue weighted by atomic mass is 127. The molecular weight excluding hydrogens is 349 g/mol. The molecule has 0 saturated carbocycles. The third-order valence-corrected chi connectivity index (χ3v) is 3.04. The summed E-state index contributed by atoms with van der Waals surface area (Å²) in [5.41, 5.74) is 2.57. The summed E-state index contributed by atoms with van der Waals surface area (Å²) in [6, 6.07) is 17.3. The predicted molar refractivity (Wildman–Crippen MR) is 85.5 cm³/mol. The quantitative estimate of drug-likeness (QED) is 0.469. The molecule has 0 N–H and O–H groups in total. The fourth-order valence-electron chi connectivity index (χ4n) is 1.43. The first kappa shape index (κ1) is 13.4. The van der Waals surface area contributed by atoms with Crippen LogP contribution in [0, 0.1) is 14.9 Å². The molecule has 0 amide bonds. The summed E-state index contributed by atoms with van der Waals surface area (Å²) in [5, 5.41) is 16.7. The zero-order chi connectivity index (χ0) is 13.5. The summed E-state index contributed by atoms with van der Waals surface area (Å²) < 4.78 is 1.16. The Hall–Kier alpha value is -2.00. The molecule has 19 heavy (non-hydrogen) atoms. The van der Waals surface area contributed by atoms with Crippen molar-refractivity contribution in [1.29, 1.82) is 5.26 Å². The van der Waals surface area contributed by atoms with Gasteiger partial charge in [0, 0.05) is 3.57 Å². The Labute approximate surface area is 125 Å². The van der Waals surface area contributed by atoms with E-state index in [0.29, 0.717) is 5.56 Å². The number of nitriles is 1. The second kappa shape index (κ2) is 6.81. The maximum Gasteiger partial charge on any atom is 0.0991 e. The lowest BCUT2D eigenvalue weighted by Gasteiger charge is -1.92. The van der Waals surface area contributed by atoms with Gasteiger partial charge in [-0.25, -0.2) is 0 Å². The molecule has 4 heteroatoms. The van der Waals surface area contributed by atoms with Crippen molar-refractivity contribution in [2.45, 2.75) is 0 Å². The van der Waals surface area contributed by atoms with Gasteiger partial charge in [-0.05, 0) is 58.0 Å². The van der Waals surface area contributed by atoms with Gasteiger partial charge in [0.05, 0.1) is 24.1 Å². The minimum absolute atomic E-state index is 0.638. The van der Waals surface area contributed by atoms with Crippen LogP contribution in [0.5, 0.6) is 0 Å². The van der Waals surface area contributed by atoms with E-state index in [2.05, 4.69) is 38.9 Å². The minimum atomic E-state index is 0.638. The van der Waals surface area contributed by atoms with Gasteiger partial charge >= 0.3 is 0 Å². The standard InChI is InChI=1S/C15H10IN3/c16-15-3-1-2-14(8-15)11-19-18-10-13-6-4-12(9-17)5-7-13/h1-8,10-11H/b18-10+,19-11+.